The standard InChI is InChI=1S/C26H21N3OS/c1-18-12-14-21(15-13-18)31-25-24-27-22(16-19-8-4-2-5-9-19)26(30)29(24)17-23(28-25)20-10-6-3-7-11-20/h2-15,17,22H,16H2,1H3/p+1. The number of nitrogens with zero attached hydrogens (tertiary/aromatic N) is 2. The number of rotatable bonds is 5. The van der Waals surface area contributed by atoms with E-state index in [2.05, 4.69) is 48.6 Å². The van der Waals surface area contributed by atoms with Crippen molar-refractivity contribution in [3.63, 3.8) is 0 Å². The van der Waals surface area contributed by atoms with Crippen molar-refractivity contribution in [1.82, 2.24) is 4.98 Å². The second-order valence-corrected chi connectivity index (χ2v) is 8.72. The van der Waals surface area contributed by atoms with E-state index in [1.165, 1.54) is 5.56 Å². The number of nitrogens with one attached hydrogen (secondary N) is 1. The van der Waals surface area contributed by atoms with Gasteiger partial charge in [-0.25, -0.2) is 9.78 Å². The van der Waals surface area contributed by atoms with Crippen molar-refractivity contribution in [2.45, 2.75) is 29.3 Å². The van der Waals surface area contributed by atoms with Gasteiger partial charge >= 0.3 is 11.7 Å². The predicted molar refractivity (Wildman–Crippen MR) is 123 cm³/mol. The van der Waals surface area contributed by atoms with Crippen LogP contribution in [0.2, 0.25) is 0 Å². The molecule has 0 amide bonds. The molecule has 4 aromatic rings. The van der Waals surface area contributed by atoms with Crippen molar-refractivity contribution in [1.29, 1.82) is 0 Å². The topological polar surface area (TPSA) is 45.9 Å². The largest absolute Gasteiger partial charge is 0.359 e. The minimum absolute atomic E-state index is 0.0455. The number of hydrogen-bond donors (Lipinski definition) is 1. The molecule has 1 aromatic heterocycles. The molecule has 1 N–H and O–H groups in total. The van der Waals surface area contributed by atoms with Crippen LogP contribution in [0.4, 0.5) is 5.82 Å². The normalized spacial score (nSPS) is 14.9. The number of benzene rings is 3. The zero-order valence-corrected chi connectivity index (χ0v) is 18.0. The summed E-state index contributed by atoms with van der Waals surface area (Å²) in [4.78, 5) is 19.3. The maximum Gasteiger partial charge on any atom is 0.359 e. The highest BCUT2D eigenvalue weighted by molar-refractivity contribution is 7.99. The molecule has 1 atom stereocenters. The molecule has 152 valence electrons. The molecule has 0 bridgehead atoms. The number of aryl methyl sites for hydroxylation is 1. The van der Waals surface area contributed by atoms with Gasteiger partial charge in [-0.3, -0.25) is 5.32 Å². The Morgan fingerprint density at radius 1 is 0.935 bits per heavy atom. The van der Waals surface area contributed by atoms with E-state index in [0.717, 1.165) is 32.6 Å². The van der Waals surface area contributed by atoms with Gasteiger partial charge in [0.15, 0.2) is 11.1 Å². The van der Waals surface area contributed by atoms with Crippen LogP contribution in [0, 0.1) is 6.92 Å². The van der Waals surface area contributed by atoms with E-state index in [4.69, 9.17) is 4.98 Å². The number of carbonyl (C=O) groups is 1. The van der Waals surface area contributed by atoms with Gasteiger partial charge in [-0.2, -0.15) is 4.57 Å². The van der Waals surface area contributed by atoms with Crippen LogP contribution in [-0.4, -0.2) is 16.9 Å². The molecule has 4 nitrogen and oxygen atoms in total. The van der Waals surface area contributed by atoms with Gasteiger partial charge in [0.2, 0.25) is 0 Å². The molecule has 5 rings (SSSR count). The van der Waals surface area contributed by atoms with Crippen LogP contribution in [0.15, 0.2) is 101 Å². The number of fused-ring (bicyclic) bond motifs is 1. The van der Waals surface area contributed by atoms with Gasteiger partial charge in [0.1, 0.15) is 11.9 Å². The van der Waals surface area contributed by atoms with Crippen LogP contribution in [0.5, 0.6) is 0 Å². The smallest absolute Gasteiger partial charge is 0.257 e. The van der Waals surface area contributed by atoms with Crippen LogP contribution in [0.25, 0.3) is 11.3 Å². The summed E-state index contributed by atoms with van der Waals surface area (Å²) in [5.74, 6) is 0.806. The van der Waals surface area contributed by atoms with Gasteiger partial charge in [0.25, 0.3) is 0 Å². The minimum Gasteiger partial charge on any atom is -0.257 e. The molecule has 0 saturated heterocycles. The van der Waals surface area contributed by atoms with Crippen molar-refractivity contribution in [2.24, 2.45) is 0 Å². The van der Waals surface area contributed by atoms with Crippen molar-refractivity contribution < 1.29 is 9.36 Å². The highest BCUT2D eigenvalue weighted by Crippen LogP contribution is 2.34. The first-order valence-electron chi connectivity index (χ1n) is 10.3. The van der Waals surface area contributed by atoms with Crippen molar-refractivity contribution in [3.05, 3.63) is 102 Å². The molecule has 31 heavy (non-hydrogen) atoms. The molecule has 3 aromatic carbocycles. The fourth-order valence-corrected chi connectivity index (χ4v) is 4.60. The van der Waals surface area contributed by atoms with E-state index in [1.54, 1.807) is 16.3 Å². The van der Waals surface area contributed by atoms with Crippen molar-refractivity contribution in [3.8, 4) is 11.3 Å². The lowest BCUT2D eigenvalue weighted by molar-refractivity contribution is -0.554. The summed E-state index contributed by atoms with van der Waals surface area (Å²) in [5, 5.41) is 4.24. The Morgan fingerprint density at radius 3 is 2.32 bits per heavy atom. The van der Waals surface area contributed by atoms with Crippen LogP contribution in [0.1, 0.15) is 15.9 Å². The summed E-state index contributed by atoms with van der Waals surface area (Å²) < 4.78 is 1.74. The van der Waals surface area contributed by atoms with E-state index in [0.29, 0.717) is 6.42 Å². The van der Waals surface area contributed by atoms with E-state index in [-0.39, 0.29) is 11.9 Å². The molecule has 0 spiro atoms. The lowest BCUT2D eigenvalue weighted by atomic mass is 10.1. The number of anilines is 1. The highest BCUT2D eigenvalue weighted by atomic mass is 32.2. The zero-order valence-electron chi connectivity index (χ0n) is 17.2. The minimum atomic E-state index is -0.312. The third-order valence-electron chi connectivity index (χ3n) is 5.35. The Labute approximate surface area is 186 Å². The first-order chi connectivity index (χ1) is 15.2. The van der Waals surface area contributed by atoms with E-state index >= 15 is 0 Å². The molecule has 1 aliphatic rings. The third-order valence-corrected chi connectivity index (χ3v) is 6.34. The molecule has 1 aliphatic heterocycles. The summed E-state index contributed by atoms with van der Waals surface area (Å²) in [7, 11) is 0. The van der Waals surface area contributed by atoms with Gasteiger partial charge in [-0.15, -0.1) is 0 Å². The van der Waals surface area contributed by atoms with E-state index < -0.39 is 0 Å². The summed E-state index contributed by atoms with van der Waals surface area (Å²) in [6, 6.07) is 28.1. The fraction of sp³-hybridized carbons (Fsp3) is 0.115. The van der Waals surface area contributed by atoms with Crippen molar-refractivity contribution in [2.75, 3.05) is 5.32 Å². The lowest BCUT2D eigenvalue weighted by Crippen LogP contribution is -2.43. The molecule has 1 unspecified atom stereocenters. The lowest BCUT2D eigenvalue weighted by Gasteiger charge is -2.07. The Morgan fingerprint density at radius 2 is 1.61 bits per heavy atom. The molecule has 2 heterocycles. The average molecular weight is 425 g/mol. The third kappa shape index (κ3) is 4.09. The monoisotopic (exact) mass is 424 g/mol. The summed E-state index contributed by atoms with van der Waals surface area (Å²) in [5.41, 5.74) is 4.12. The Kier molecular flexibility index (Phi) is 5.26. The van der Waals surface area contributed by atoms with Crippen LogP contribution >= 0.6 is 11.8 Å². The van der Waals surface area contributed by atoms with Gasteiger partial charge in [0.05, 0.1) is 0 Å². The zero-order chi connectivity index (χ0) is 21.2. The van der Waals surface area contributed by atoms with Crippen LogP contribution < -0.4 is 9.88 Å². The maximum atomic E-state index is 13.3. The molecule has 0 saturated carbocycles. The van der Waals surface area contributed by atoms with E-state index in [1.807, 2.05) is 54.7 Å². The number of aromatic nitrogens is 2. The number of carbonyl (C=O) groups excluding carboxylic acids is 1. The average Bonchev–Trinajstić information content (AvgIpc) is 3.12. The first kappa shape index (κ1) is 19.5. The van der Waals surface area contributed by atoms with Crippen molar-refractivity contribution >= 4 is 23.5 Å². The quantitative estimate of drug-likeness (QED) is 0.449. The van der Waals surface area contributed by atoms with Crippen LogP contribution in [-0.2, 0) is 6.42 Å². The molecule has 5 heteroatoms. The second-order valence-electron chi connectivity index (χ2n) is 7.66. The Hall–Kier alpha value is -3.44. The predicted octanol–water partition coefficient (Wildman–Crippen LogP) is 5.17. The summed E-state index contributed by atoms with van der Waals surface area (Å²) in [6.45, 7) is 2.07. The molecule has 0 aliphatic carbocycles. The maximum absolute atomic E-state index is 13.3. The van der Waals surface area contributed by atoms with E-state index in [9.17, 15) is 4.79 Å². The highest BCUT2D eigenvalue weighted by Gasteiger charge is 2.41. The first-order valence-corrected chi connectivity index (χ1v) is 11.1. The summed E-state index contributed by atoms with van der Waals surface area (Å²) >= 11 is 1.57. The SMILES string of the molecule is Cc1ccc(Sc2nc(-c3ccccc3)c[n+]3c2NC(Cc2ccccc2)C3=O)cc1. The fourth-order valence-electron chi connectivity index (χ4n) is 3.71. The summed E-state index contributed by atoms with van der Waals surface area (Å²) in [6.07, 6.45) is 2.49. The van der Waals surface area contributed by atoms with Gasteiger partial charge in [-0.05, 0) is 24.6 Å². The van der Waals surface area contributed by atoms with Gasteiger partial charge < -0.3 is 0 Å². The molecule has 0 radical (unpaired) electrons. The number of hydrogen-bond acceptors (Lipinski definition) is 4. The second kappa shape index (κ2) is 8.36. The van der Waals surface area contributed by atoms with Gasteiger partial charge in [0, 0.05) is 16.9 Å². The Bertz CT molecular complexity index is 1220. The van der Waals surface area contributed by atoms with Crippen LogP contribution in [0.3, 0.4) is 0 Å². The van der Waals surface area contributed by atoms with Gasteiger partial charge in [-0.1, -0.05) is 90.1 Å². The molecule has 0 fully saturated rings. The Balaban J connectivity index is 1.54. The molecular weight excluding hydrogens is 402 g/mol. The molecular formula is C26H22N3OS+.